The van der Waals surface area contributed by atoms with Gasteiger partial charge in [0, 0.05) is 0 Å². The van der Waals surface area contributed by atoms with Gasteiger partial charge in [-0.15, -0.1) is 0 Å². The normalized spacial score (nSPS) is 13.3. The van der Waals surface area contributed by atoms with Crippen LogP contribution in [0.5, 0.6) is 11.5 Å². The van der Waals surface area contributed by atoms with Crippen LogP contribution in [0, 0.1) is 6.79 Å². The second-order valence-electron chi connectivity index (χ2n) is 12.7. The third kappa shape index (κ3) is 6.05. The molecule has 2 heteroatoms. The van der Waals surface area contributed by atoms with Crippen LogP contribution in [0.2, 0.25) is 0 Å². The Hall–Kier alpha value is -1.96. The van der Waals surface area contributed by atoms with E-state index >= 15 is 0 Å². The fourth-order valence-corrected chi connectivity index (χ4v) is 3.81. The summed E-state index contributed by atoms with van der Waals surface area (Å²) in [6.07, 6.45) is 0. The van der Waals surface area contributed by atoms with E-state index in [9.17, 15) is 0 Å². The summed E-state index contributed by atoms with van der Waals surface area (Å²) in [5.74, 6) is 1.79. The fourth-order valence-electron chi connectivity index (χ4n) is 3.81. The van der Waals surface area contributed by atoms with Crippen LogP contribution < -0.4 is 9.47 Å². The van der Waals surface area contributed by atoms with Gasteiger partial charge in [-0.2, -0.15) is 0 Å². The molecule has 0 atom stereocenters. The second kappa shape index (κ2) is 8.52. The molecule has 2 rings (SSSR count). The molecule has 0 saturated carbocycles. The third-order valence-corrected chi connectivity index (χ3v) is 5.59. The quantitative estimate of drug-likeness (QED) is 0.491. The van der Waals surface area contributed by atoms with E-state index < -0.39 is 0 Å². The van der Waals surface area contributed by atoms with Crippen LogP contribution in [-0.4, -0.2) is 0 Å². The summed E-state index contributed by atoms with van der Waals surface area (Å²) in [6, 6.07) is 12.9. The van der Waals surface area contributed by atoms with E-state index in [4.69, 9.17) is 9.47 Å². The second-order valence-corrected chi connectivity index (χ2v) is 12.7. The van der Waals surface area contributed by atoms with Crippen molar-refractivity contribution in [1.29, 1.82) is 0 Å². The molecule has 0 aliphatic carbocycles. The van der Waals surface area contributed by atoms with Gasteiger partial charge in [0.25, 0.3) is 0 Å². The van der Waals surface area contributed by atoms with Crippen LogP contribution in [0.3, 0.4) is 0 Å². The summed E-state index contributed by atoms with van der Waals surface area (Å²) < 4.78 is 12.6. The van der Waals surface area contributed by atoms with E-state index in [-0.39, 0.29) is 21.7 Å². The van der Waals surface area contributed by atoms with Crippen LogP contribution in [0.15, 0.2) is 36.4 Å². The summed E-state index contributed by atoms with van der Waals surface area (Å²) >= 11 is 0. The SMILES string of the molecule is CC(C)(C)c1cccc(C(C)(C)C)c1O[CH]Oc1c(C(C)(C)C)cccc1C(C)(C)C. The Morgan fingerprint density at radius 3 is 0.871 bits per heavy atom. The van der Waals surface area contributed by atoms with E-state index in [0.29, 0.717) is 0 Å². The maximum absolute atomic E-state index is 6.31. The van der Waals surface area contributed by atoms with Crippen molar-refractivity contribution >= 4 is 0 Å². The molecule has 1 radical (unpaired) electrons. The van der Waals surface area contributed by atoms with Gasteiger partial charge in [0.05, 0.1) is 0 Å². The molecule has 171 valence electrons. The summed E-state index contributed by atoms with van der Waals surface area (Å²) in [5, 5.41) is 0. The minimum atomic E-state index is -0.0374. The molecule has 0 spiro atoms. The molecule has 0 bridgehead atoms. The largest absolute Gasteiger partial charge is 0.447 e. The summed E-state index contributed by atoms with van der Waals surface area (Å²) in [7, 11) is 0. The summed E-state index contributed by atoms with van der Waals surface area (Å²) in [5.41, 5.74) is 4.57. The van der Waals surface area contributed by atoms with Gasteiger partial charge in [0.2, 0.25) is 0 Å². The Kier molecular flexibility index (Phi) is 6.96. The number of hydrogen-bond donors (Lipinski definition) is 0. The molecule has 0 unspecified atom stereocenters. The van der Waals surface area contributed by atoms with E-state index in [2.05, 4.69) is 119 Å². The van der Waals surface area contributed by atoms with Crippen LogP contribution in [-0.2, 0) is 21.7 Å². The first kappa shape index (κ1) is 25.3. The van der Waals surface area contributed by atoms with Gasteiger partial charge in [-0.25, -0.2) is 0 Å². The number of ether oxygens (including phenoxy) is 2. The number of benzene rings is 2. The standard InChI is InChI=1S/C29H43O2/c1-26(2,3)20-15-13-16-21(27(4,5)6)24(20)30-19-31-25-22(28(7,8)9)17-14-18-23(25)29(10,11)12/h13-19H,1-12H3. The van der Waals surface area contributed by atoms with Crippen LogP contribution >= 0.6 is 0 Å². The highest BCUT2D eigenvalue weighted by Gasteiger charge is 2.29. The smallest absolute Gasteiger partial charge is 0.316 e. The third-order valence-electron chi connectivity index (χ3n) is 5.59. The number of hydrogen-bond acceptors (Lipinski definition) is 2. The Balaban J connectivity index is 2.47. The zero-order chi connectivity index (χ0) is 23.8. The molecule has 0 aromatic heterocycles. The van der Waals surface area contributed by atoms with Crippen LogP contribution in [0.25, 0.3) is 0 Å². The predicted octanol–water partition coefficient (Wildman–Crippen LogP) is 8.45. The molecule has 2 aromatic carbocycles. The molecule has 2 aromatic rings. The molecule has 0 aliphatic heterocycles. The molecule has 0 N–H and O–H groups in total. The van der Waals surface area contributed by atoms with E-state index in [0.717, 1.165) is 11.5 Å². The van der Waals surface area contributed by atoms with Crippen molar-refractivity contribution in [3.8, 4) is 11.5 Å². The highest BCUT2D eigenvalue weighted by molar-refractivity contribution is 5.50. The first-order valence-electron chi connectivity index (χ1n) is 11.4. The zero-order valence-electron chi connectivity index (χ0n) is 21.9. The molecule has 0 fully saturated rings. The lowest BCUT2D eigenvalue weighted by molar-refractivity contribution is 0.197. The van der Waals surface area contributed by atoms with Crippen molar-refractivity contribution in [2.24, 2.45) is 0 Å². The van der Waals surface area contributed by atoms with Gasteiger partial charge in [-0.1, -0.05) is 119 Å². The Bertz CT molecular complexity index is 754. The van der Waals surface area contributed by atoms with Gasteiger partial charge >= 0.3 is 6.79 Å². The average Bonchev–Trinajstić information content (AvgIpc) is 2.58. The van der Waals surface area contributed by atoms with Gasteiger partial charge < -0.3 is 9.47 Å². The summed E-state index contributed by atoms with van der Waals surface area (Å²) in [4.78, 5) is 0. The Morgan fingerprint density at radius 2 is 0.677 bits per heavy atom. The topological polar surface area (TPSA) is 18.5 Å². The van der Waals surface area contributed by atoms with Crippen molar-refractivity contribution in [1.82, 2.24) is 0 Å². The number of rotatable bonds is 4. The van der Waals surface area contributed by atoms with E-state index in [1.165, 1.54) is 29.0 Å². The van der Waals surface area contributed by atoms with Crippen LogP contribution in [0.1, 0.15) is 105 Å². The first-order chi connectivity index (χ1) is 13.9. The monoisotopic (exact) mass is 423 g/mol. The fraction of sp³-hybridized carbons (Fsp3) is 0.552. The van der Waals surface area contributed by atoms with Crippen molar-refractivity contribution in [2.75, 3.05) is 0 Å². The molecular formula is C29H43O2. The van der Waals surface area contributed by atoms with E-state index in [1.807, 2.05) is 0 Å². The highest BCUT2D eigenvalue weighted by atomic mass is 16.7. The minimum Gasteiger partial charge on any atom is -0.447 e. The van der Waals surface area contributed by atoms with E-state index in [1.54, 1.807) is 0 Å². The van der Waals surface area contributed by atoms with Crippen LogP contribution in [0.4, 0.5) is 0 Å². The maximum Gasteiger partial charge on any atom is 0.316 e. The Labute approximate surface area is 191 Å². The van der Waals surface area contributed by atoms with Gasteiger partial charge in [0.15, 0.2) is 0 Å². The van der Waals surface area contributed by atoms with Gasteiger partial charge in [0.1, 0.15) is 11.5 Å². The maximum atomic E-state index is 6.31. The minimum absolute atomic E-state index is 0.0374. The number of para-hydroxylation sites is 2. The molecule has 31 heavy (non-hydrogen) atoms. The highest BCUT2D eigenvalue weighted by Crippen LogP contribution is 2.42. The average molecular weight is 424 g/mol. The first-order valence-corrected chi connectivity index (χ1v) is 11.4. The lowest BCUT2D eigenvalue weighted by Gasteiger charge is -2.31. The molecular weight excluding hydrogens is 380 g/mol. The van der Waals surface area contributed by atoms with Crippen molar-refractivity contribution in [3.63, 3.8) is 0 Å². The lowest BCUT2D eigenvalue weighted by atomic mass is 9.79. The molecule has 0 saturated heterocycles. The zero-order valence-corrected chi connectivity index (χ0v) is 21.9. The Morgan fingerprint density at radius 1 is 0.452 bits per heavy atom. The summed E-state index contributed by atoms with van der Waals surface area (Å²) in [6.45, 7) is 28.1. The molecule has 0 heterocycles. The van der Waals surface area contributed by atoms with Crippen molar-refractivity contribution < 1.29 is 9.47 Å². The molecule has 0 amide bonds. The molecule has 0 aliphatic rings. The lowest BCUT2D eigenvalue weighted by Crippen LogP contribution is -2.21. The predicted molar refractivity (Wildman–Crippen MR) is 133 cm³/mol. The van der Waals surface area contributed by atoms with Crippen molar-refractivity contribution in [3.05, 3.63) is 65.4 Å². The van der Waals surface area contributed by atoms with Gasteiger partial charge in [-0.05, 0) is 43.9 Å². The van der Waals surface area contributed by atoms with Gasteiger partial charge in [-0.3, -0.25) is 0 Å². The van der Waals surface area contributed by atoms with Crippen molar-refractivity contribution in [2.45, 2.75) is 105 Å². The molecule has 2 nitrogen and oxygen atoms in total.